The fourth-order valence-corrected chi connectivity index (χ4v) is 1.18. The highest BCUT2D eigenvalue weighted by Gasteiger charge is 2.42. The molecule has 0 bridgehead atoms. The van der Waals surface area contributed by atoms with Gasteiger partial charge >= 0.3 is 11.9 Å². The molecule has 17 heavy (non-hydrogen) atoms. The Kier molecular flexibility index (Phi) is 6.80. The summed E-state index contributed by atoms with van der Waals surface area (Å²) in [4.78, 5) is 22.7. The normalized spacial score (nSPS) is 14.4. The lowest BCUT2D eigenvalue weighted by Crippen LogP contribution is -2.39. The van der Waals surface area contributed by atoms with E-state index in [-0.39, 0.29) is 19.6 Å². The second-order valence-corrected chi connectivity index (χ2v) is 4.58. The van der Waals surface area contributed by atoms with Gasteiger partial charge in [-0.25, -0.2) is 0 Å². The molecule has 0 aliphatic rings. The van der Waals surface area contributed by atoms with Crippen molar-refractivity contribution < 1.29 is 24.2 Å². The minimum absolute atomic E-state index is 0.119. The number of aliphatic carboxylic acids is 1. The minimum Gasteiger partial charge on any atom is -0.480 e. The monoisotopic (exact) mass is 246 g/mol. The highest BCUT2D eigenvalue weighted by atomic mass is 16.5. The lowest BCUT2D eigenvalue weighted by molar-refractivity contribution is -0.168. The molecule has 0 saturated heterocycles. The fourth-order valence-electron chi connectivity index (χ4n) is 1.18. The van der Waals surface area contributed by atoms with Crippen LogP contribution in [0.25, 0.3) is 0 Å². The maximum atomic E-state index is 11.6. The summed E-state index contributed by atoms with van der Waals surface area (Å²) >= 11 is 0. The molecule has 0 aliphatic heterocycles. The minimum atomic E-state index is -1.52. The summed E-state index contributed by atoms with van der Waals surface area (Å²) in [5.74, 6) is -1.50. The lowest BCUT2D eigenvalue weighted by Gasteiger charge is -2.22. The number of carbonyl (C=O) groups excluding carboxylic acids is 1. The van der Waals surface area contributed by atoms with E-state index in [1.165, 1.54) is 6.92 Å². The van der Waals surface area contributed by atoms with Crippen molar-refractivity contribution in [1.82, 2.24) is 0 Å². The van der Waals surface area contributed by atoms with Gasteiger partial charge in [-0.2, -0.15) is 0 Å². The largest absolute Gasteiger partial charge is 0.480 e. The third kappa shape index (κ3) is 5.17. The van der Waals surface area contributed by atoms with Gasteiger partial charge in [0.15, 0.2) is 5.41 Å². The molecule has 0 amide bonds. The quantitative estimate of drug-likeness (QED) is 0.401. The summed E-state index contributed by atoms with van der Waals surface area (Å²) in [6.07, 6.45) is 0.119. The van der Waals surface area contributed by atoms with Crippen molar-refractivity contribution in [3.63, 3.8) is 0 Å². The van der Waals surface area contributed by atoms with Crippen LogP contribution in [0.15, 0.2) is 0 Å². The number of carboxylic acid groups (broad SMARTS) is 1. The van der Waals surface area contributed by atoms with Crippen LogP contribution in [0.2, 0.25) is 0 Å². The highest BCUT2D eigenvalue weighted by Crippen LogP contribution is 2.24. The molecule has 0 heterocycles. The highest BCUT2D eigenvalue weighted by molar-refractivity contribution is 5.98. The van der Waals surface area contributed by atoms with Crippen LogP contribution in [0.1, 0.15) is 34.1 Å². The molecule has 0 aromatic rings. The van der Waals surface area contributed by atoms with E-state index in [2.05, 4.69) is 0 Å². The van der Waals surface area contributed by atoms with Crippen LogP contribution in [0.5, 0.6) is 0 Å². The van der Waals surface area contributed by atoms with Crippen LogP contribution >= 0.6 is 0 Å². The smallest absolute Gasteiger partial charge is 0.323 e. The zero-order valence-electron chi connectivity index (χ0n) is 11.0. The molecule has 1 atom stereocenters. The van der Waals surface area contributed by atoms with E-state index < -0.39 is 17.4 Å². The summed E-state index contributed by atoms with van der Waals surface area (Å²) in [5, 5.41) is 9.08. The Balaban J connectivity index is 4.32. The van der Waals surface area contributed by atoms with Crippen LogP contribution < -0.4 is 0 Å². The van der Waals surface area contributed by atoms with Gasteiger partial charge in [-0.15, -0.1) is 0 Å². The predicted octanol–water partition coefficient (Wildman–Crippen LogP) is 1.70. The molecule has 0 radical (unpaired) electrons. The van der Waals surface area contributed by atoms with E-state index in [4.69, 9.17) is 14.6 Å². The van der Waals surface area contributed by atoms with Crippen molar-refractivity contribution in [2.45, 2.75) is 34.1 Å². The summed E-state index contributed by atoms with van der Waals surface area (Å²) in [7, 11) is 0. The Hall–Kier alpha value is -1.10. The van der Waals surface area contributed by atoms with E-state index in [0.29, 0.717) is 12.5 Å². The average molecular weight is 246 g/mol. The molecule has 100 valence electrons. The Morgan fingerprint density at radius 3 is 2.35 bits per heavy atom. The Bertz CT molecular complexity index is 262. The number of ether oxygens (including phenoxy) is 2. The van der Waals surface area contributed by atoms with Crippen LogP contribution in [-0.4, -0.2) is 36.9 Å². The molecule has 0 aliphatic carbocycles. The number of hydrogen-bond donors (Lipinski definition) is 1. The molecule has 0 saturated carbocycles. The summed E-state index contributed by atoms with van der Waals surface area (Å²) in [5.41, 5.74) is -1.52. The first kappa shape index (κ1) is 15.9. The van der Waals surface area contributed by atoms with Gasteiger partial charge in [0.25, 0.3) is 0 Å². The van der Waals surface area contributed by atoms with Crippen LogP contribution in [0, 0.1) is 11.3 Å². The Morgan fingerprint density at radius 1 is 1.35 bits per heavy atom. The van der Waals surface area contributed by atoms with Crippen LogP contribution in [0.4, 0.5) is 0 Å². The number of rotatable bonds is 8. The van der Waals surface area contributed by atoms with E-state index >= 15 is 0 Å². The van der Waals surface area contributed by atoms with Crippen molar-refractivity contribution in [2.75, 3.05) is 19.8 Å². The summed E-state index contributed by atoms with van der Waals surface area (Å²) in [6.45, 7) is 7.98. The maximum absolute atomic E-state index is 11.6. The fraction of sp³-hybridized carbons (Fsp3) is 0.833. The number of esters is 1. The van der Waals surface area contributed by atoms with Gasteiger partial charge in [0, 0.05) is 13.2 Å². The van der Waals surface area contributed by atoms with Gasteiger partial charge in [0.05, 0.1) is 6.61 Å². The zero-order valence-corrected chi connectivity index (χ0v) is 11.0. The number of carbonyl (C=O) groups is 2. The lowest BCUT2D eigenvalue weighted by atomic mass is 9.87. The third-order valence-corrected chi connectivity index (χ3v) is 2.40. The molecule has 0 spiro atoms. The van der Waals surface area contributed by atoms with Crippen LogP contribution in [-0.2, 0) is 19.1 Å². The van der Waals surface area contributed by atoms with Crippen LogP contribution in [0.3, 0.4) is 0 Å². The summed E-state index contributed by atoms with van der Waals surface area (Å²) in [6, 6.07) is 0. The molecule has 5 heteroatoms. The number of carboxylic acids is 1. The van der Waals surface area contributed by atoms with E-state index in [9.17, 15) is 9.59 Å². The van der Waals surface area contributed by atoms with Crippen molar-refractivity contribution in [2.24, 2.45) is 11.3 Å². The van der Waals surface area contributed by atoms with E-state index in [1.807, 2.05) is 13.8 Å². The molecule has 0 fully saturated rings. The van der Waals surface area contributed by atoms with Crippen molar-refractivity contribution >= 4 is 11.9 Å². The first-order chi connectivity index (χ1) is 7.84. The van der Waals surface area contributed by atoms with Gasteiger partial charge in [0.2, 0.25) is 0 Å². The topological polar surface area (TPSA) is 72.8 Å². The SMILES string of the molecule is CCOC(=O)C(C)(CCOCC(C)C)C(=O)O. The van der Waals surface area contributed by atoms with E-state index in [1.54, 1.807) is 6.92 Å². The molecule has 0 rings (SSSR count). The molecular formula is C12H22O5. The van der Waals surface area contributed by atoms with Gasteiger partial charge in [-0.3, -0.25) is 9.59 Å². The molecule has 0 aromatic carbocycles. The average Bonchev–Trinajstić information content (AvgIpc) is 2.23. The Labute approximate surface area is 102 Å². The number of hydrogen-bond acceptors (Lipinski definition) is 4. The first-order valence-electron chi connectivity index (χ1n) is 5.83. The zero-order chi connectivity index (χ0) is 13.5. The standard InChI is InChI=1S/C12H22O5/c1-5-17-11(15)12(4,10(13)14)6-7-16-8-9(2)3/h9H,5-8H2,1-4H3,(H,13,14). The second-order valence-electron chi connectivity index (χ2n) is 4.58. The van der Waals surface area contributed by atoms with Gasteiger partial charge < -0.3 is 14.6 Å². The maximum Gasteiger partial charge on any atom is 0.323 e. The van der Waals surface area contributed by atoms with Crippen molar-refractivity contribution in [1.29, 1.82) is 0 Å². The molecule has 1 unspecified atom stereocenters. The van der Waals surface area contributed by atoms with Gasteiger partial charge in [-0.1, -0.05) is 13.8 Å². The second kappa shape index (κ2) is 7.27. The molecule has 1 N–H and O–H groups in total. The molecule has 5 nitrogen and oxygen atoms in total. The first-order valence-corrected chi connectivity index (χ1v) is 5.83. The van der Waals surface area contributed by atoms with E-state index in [0.717, 1.165) is 0 Å². The molecule has 0 aromatic heterocycles. The van der Waals surface area contributed by atoms with Crippen molar-refractivity contribution in [3.05, 3.63) is 0 Å². The summed E-state index contributed by atoms with van der Waals surface area (Å²) < 4.78 is 10.1. The van der Waals surface area contributed by atoms with Crippen molar-refractivity contribution in [3.8, 4) is 0 Å². The third-order valence-electron chi connectivity index (χ3n) is 2.40. The predicted molar refractivity (Wildman–Crippen MR) is 62.6 cm³/mol. The van der Waals surface area contributed by atoms with Gasteiger partial charge in [-0.05, 0) is 26.2 Å². The van der Waals surface area contributed by atoms with Gasteiger partial charge in [0.1, 0.15) is 0 Å². The molecular weight excluding hydrogens is 224 g/mol. The Morgan fingerprint density at radius 2 is 1.94 bits per heavy atom.